The number of amides is 1. The van der Waals surface area contributed by atoms with Crippen LogP contribution in [0.2, 0.25) is 5.02 Å². The van der Waals surface area contributed by atoms with Crippen LogP contribution in [0.3, 0.4) is 0 Å². The van der Waals surface area contributed by atoms with Crippen LogP contribution in [-0.2, 0) is 4.79 Å². The van der Waals surface area contributed by atoms with E-state index in [1.807, 2.05) is 6.07 Å². The van der Waals surface area contributed by atoms with Gasteiger partial charge in [0.2, 0.25) is 0 Å². The van der Waals surface area contributed by atoms with Gasteiger partial charge in [-0.2, -0.15) is 5.26 Å². The van der Waals surface area contributed by atoms with Gasteiger partial charge in [-0.15, -0.1) is 0 Å². The highest BCUT2D eigenvalue weighted by atomic mass is 35.5. The van der Waals surface area contributed by atoms with Gasteiger partial charge in [0.1, 0.15) is 5.76 Å². The summed E-state index contributed by atoms with van der Waals surface area (Å²) >= 11 is 5.99. The zero-order valence-electron chi connectivity index (χ0n) is 8.99. The molecule has 1 aromatic carbocycles. The summed E-state index contributed by atoms with van der Waals surface area (Å²) in [7, 11) is 0. The Hall–Kier alpha value is -1.99. The van der Waals surface area contributed by atoms with E-state index >= 15 is 0 Å². The second kappa shape index (κ2) is 4.11. The number of aliphatic hydroxyl groups is 1. The van der Waals surface area contributed by atoms with Crippen molar-refractivity contribution in [2.75, 3.05) is 0 Å². The first-order chi connectivity index (χ1) is 8.04. The number of nitrogens with zero attached hydrogens (tertiary/aromatic N) is 1. The van der Waals surface area contributed by atoms with Gasteiger partial charge >= 0.3 is 0 Å². The molecule has 0 aromatic heterocycles. The number of hydrogen-bond acceptors (Lipinski definition) is 3. The minimum Gasteiger partial charge on any atom is -0.509 e. The molecule has 0 saturated carbocycles. The Morgan fingerprint density at radius 3 is 2.71 bits per heavy atom. The zero-order chi connectivity index (χ0) is 12.6. The fourth-order valence-electron chi connectivity index (χ4n) is 1.72. The van der Waals surface area contributed by atoms with Crippen molar-refractivity contribution in [1.29, 1.82) is 5.26 Å². The van der Waals surface area contributed by atoms with Crippen LogP contribution in [0.15, 0.2) is 24.0 Å². The number of hydrogen-bond donors (Lipinski definition) is 2. The summed E-state index contributed by atoms with van der Waals surface area (Å²) in [5.41, 5.74) is 1.02. The lowest BCUT2D eigenvalue weighted by molar-refractivity contribution is -0.115. The molecule has 0 spiro atoms. The largest absolute Gasteiger partial charge is 0.509 e. The number of carbonyl (C=O) groups excluding carboxylic acids is 1. The van der Waals surface area contributed by atoms with Gasteiger partial charge in [0.25, 0.3) is 5.91 Å². The molecule has 1 aromatic rings. The predicted octanol–water partition coefficient (Wildman–Crippen LogP) is 2.00. The van der Waals surface area contributed by atoms with E-state index in [0.717, 1.165) is 0 Å². The Morgan fingerprint density at radius 2 is 2.24 bits per heavy atom. The van der Waals surface area contributed by atoms with Crippen molar-refractivity contribution < 1.29 is 9.90 Å². The molecule has 1 heterocycles. The summed E-state index contributed by atoms with van der Waals surface area (Å²) in [5, 5.41) is 21.4. The van der Waals surface area contributed by atoms with Crippen molar-refractivity contribution in [2.24, 2.45) is 0 Å². The number of aliphatic hydroxyl groups excluding tert-OH is 1. The Balaban J connectivity index is 2.56. The highest BCUT2D eigenvalue weighted by Gasteiger charge is 2.30. The predicted molar refractivity (Wildman–Crippen MR) is 63.3 cm³/mol. The molecular formula is C12H9ClN2O2. The van der Waals surface area contributed by atoms with E-state index in [2.05, 4.69) is 5.32 Å². The van der Waals surface area contributed by atoms with Crippen LogP contribution in [0.5, 0.6) is 0 Å². The lowest BCUT2D eigenvalue weighted by Crippen LogP contribution is -2.25. The van der Waals surface area contributed by atoms with Crippen molar-refractivity contribution in [2.45, 2.75) is 13.0 Å². The maximum Gasteiger partial charge on any atom is 0.256 e. The van der Waals surface area contributed by atoms with E-state index in [4.69, 9.17) is 16.9 Å². The van der Waals surface area contributed by atoms with E-state index < -0.39 is 6.04 Å². The minimum absolute atomic E-state index is 0.0263. The average Bonchev–Trinajstić information content (AvgIpc) is 2.54. The Morgan fingerprint density at radius 1 is 1.53 bits per heavy atom. The normalized spacial score (nSPS) is 19.1. The van der Waals surface area contributed by atoms with Crippen LogP contribution >= 0.6 is 11.6 Å². The molecule has 0 radical (unpaired) electrons. The quantitative estimate of drug-likeness (QED) is 0.798. The van der Waals surface area contributed by atoms with Crippen molar-refractivity contribution in [3.8, 4) is 6.07 Å². The monoisotopic (exact) mass is 248 g/mol. The van der Waals surface area contributed by atoms with Crippen molar-refractivity contribution in [3.05, 3.63) is 40.1 Å². The molecule has 2 rings (SSSR count). The average molecular weight is 249 g/mol. The second-order valence-corrected chi connectivity index (χ2v) is 4.17. The first kappa shape index (κ1) is 11.5. The fraction of sp³-hybridized carbons (Fsp3) is 0.167. The second-order valence-electron chi connectivity index (χ2n) is 3.76. The zero-order valence-corrected chi connectivity index (χ0v) is 9.75. The molecule has 0 bridgehead atoms. The van der Waals surface area contributed by atoms with Gasteiger partial charge in [0.15, 0.2) is 0 Å². The summed E-state index contributed by atoms with van der Waals surface area (Å²) < 4.78 is 0. The number of rotatable bonds is 1. The van der Waals surface area contributed by atoms with Gasteiger partial charge < -0.3 is 10.4 Å². The van der Waals surface area contributed by atoms with Crippen LogP contribution in [0.4, 0.5) is 0 Å². The highest BCUT2D eigenvalue weighted by molar-refractivity contribution is 6.35. The number of nitrogens with one attached hydrogen (secondary N) is 1. The molecule has 0 aliphatic carbocycles. The topological polar surface area (TPSA) is 73.1 Å². The molecule has 5 heteroatoms. The number of carbonyl (C=O) groups is 1. The minimum atomic E-state index is -0.413. The summed E-state index contributed by atoms with van der Waals surface area (Å²) in [4.78, 5) is 11.6. The smallest absolute Gasteiger partial charge is 0.256 e. The van der Waals surface area contributed by atoms with Crippen LogP contribution in [-0.4, -0.2) is 17.1 Å². The lowest BCUT2D eigenvalue weighted by Gasteiger charge is -2.04. The molecule has 17 heavy (non-hydrogen) atoms. The summed E-state index contributed by atoms with van der Waals surface area (Å²) in [5.74, 6) is -0.386. The SMILES string of the molecule is CC1NC(=O)C(c2ccc(C#N)cc2Cl)=C1O. The summed E-state index contributed by atoms with van der Waals surface area (Å²) in [6.45, 7) is 1.68. The Bertz CT molecular complexity index is 572. The Labute approximate surface area is 103 Å². The third-order valence-corrected chi connectivity index (χ3v) is 2.92. The molecule has 1 atom stereocenters. The van der Waals surface area contributed by atoms with Crippen molar-refractivity contribution in [1.82, 2.24) is 5.32 Å². The molecule has 86 valence electrons. The van der Waals surface area contributed by atoms with Crippen molar-refractivity contribution >= 4 is 23.1 Å². The molecule has 2 N–H and O–H groups in total. The van der Waals surface area contributed by atoms with Gasteiger partial charge in [-0.05, 0) is 19.1 Å². The highest BCUT2D eigenvalue weighted by Crippen LogP contribution is 2.30. The molecule has 4 nitrogen and oxygen atoms in total. The van der Waals surface area contributed by atoms with Crippen LogP contribution in [0, 0.1) is 11.3 Å². The van der Waals surface area contributed by atoms with E-state index in [0.29, 0.717) is 11.1 Å². The van der Waals surface area contributed by atoms with E-state index in [-0.39, 0.29) is 22.3 Å². The molecular weight excluding hydrogens is 240 g/mol. The maximum atomic E-state index is 11.6. The summed E-state index contributed by atoms with van der Waals surface area (Å²) in [6, 6.07) is 6.12. The van der Waals surface area contributed by atoms with Crippen LogP contribution in [0.25, 0.3) is 5.57 Å². The first-order valence-corrected chi connectivity index (χ1v) is 5.36. The van der Waals surface area contributed by atoms with Crippen LogP contribution < -0.4 is 5.32 Å². The number of halogens is 1. The van der Waals surface area contributed by atoms with E-state index in [1.54, 1.807) is 19.1 Å². The lowest BCUT2D eigenvalue weighted by atomic mass is 10.0. The third-order valence-electron chi connectivity index (χ3n) is 2.61. The molecule has 0 fully saturated rings. The van der Waals surface area contributed by atoms with E-state index in [1.165, 1.54) is 6.07 Å². The maximum absolute atomic E-state index is 11.6. The number of benzene rings is 1. The van der Waals surface area contributed by atoms with E-state index in [9.17, 15) is 9.90 Å². The molecule has 0 saturated heterocycles. The van der Waals surface area contributed by atoms with Gasteiger partial charge in [0.05, 0.1) is 28.3 Å². The molecule has 1 unspecified atom stereocenters. The number of nitriles is 1. The van der Waals surface area contributed by atoms with Gasteiger partial charge in [-0.3, -0.25) is 4.79 Å². The molecule has 1 aliphatic heterocycles. The summed E-state index contributed by atoms with van der Waals surface area (Å²) in [6.07, 6.45) is 0. The van der Waals surface area contributed by atoms with Gasteiger partial charge in [-0.25, -0.2) is 0 Å². The van der Waals surface area contributed by atoms with Gasteiger partial charge in [-0.1, -0.05) is 17.7 Å². The first-order valence-electron chi connectivity index (χ1n) is 4.98. The van der Waals surface area contributed by atoms with Crippen LogP contribution in [0.1, 0.15) is 18.1 Å². The molecule has 1 aliphatic rings. The van der Waals surface area contributed by atoms with Crippen molar-refractivity contribution in [3.63, 3.8) is 0 Å². The Kier molecular flexibility index (Phi) is 2.78. The third kappa shape index (κ3) is 1.85. The molecule has 1 amide bonds. The fourth-order valence-corrected chi connectivity index (χ4v) is 1.99. The standard InChI is InChI=1S/C12H9ClN2O2/c1-6-11(16)10(12(17)15-6)8-3-2-7(5-14)4-9(8)13/h2-4,6,16H,1H3,(H,15,17). The van der Waals surface area contributed by atoms with Gasteiger partial charge in [0, 0.05) is 5.56 Å².